The average molecular weight is 324 g/mol. The number of ether oxygens (including phenoxy) is 1. The van der Waals surface area contributed by atoms with Crippen LogP contribution in [0.4, 0.5) is 0 Å². The molecule has 0 aliphatic heterocycles. The SMILES string of the molecule is CC(C)CCOC1(CI)CCCCCC1. The van der Waals surface area contributed by atoms with E-state index in [1.165, 1.54) is 49.4 Å². The van der Waals surface area contributed by atoms with Gasteiger partial charge in [0.15, 0.2) is 0 Å². The van der Waals surface area contributed by atoms with E-state index < -0.39 is 0 Å². The van der Waals surface area contributed by atoms with Crippen LogP contribution in [-0.2, 0) is 4.74 Å². The number of hydrogen-bond acceptors (Lipinski definition) is 1. The maximum atomic E-state index is 6.20. The molecule has 0 unspecified atom stereocenters. The third-order valence-corrected chi connectivity index (χ3v) is 4.75. The molecule has 1 saturated carbocycles. The lowest BCUT2D eigenvalue weighted by molar-refractivity contribution is -0.0400. The normalized spacial score (nSPS) is 21.6. The lowest BCUT2D eigenvalue weighted by Crippen LogP contribution is -2.34. The second-order valence-electron chi connectivity index (χ2n) is 5.26. The Kier molecular flexibility index (Phi) is 6.51. The van der Waals surface area contributed by atoms with Crippen molar-refractivity contribution in [1.82, 2.24) is 0 Å². The zero-order valence-electron chi connectivity index (χ0n) is 10.2. The van der Waals surface area contributed by atoms with E-state index >= 15 is 0 Å². The van der Waals surface area contributed by atoms with E-state index in [4.69, 9.17) is 4.74 Å². The van der Waals surface area contributed by atoms with Crippen molar-refractivity contribution in [3.63, 3.8) is 0 Å². The van der Waals surface area contributed by atoms with Gasteiger partial charge in [0.05, 0.1) is 5.60 Å². The molecule has 1 nitrogen and oxygen atoms in total. The molecule has 0 spiro atoms. The summed E-state index contributed by atoms with van der Waals surface area (Å²) in [6.45, 7) is 5.50. The van der Waals surface area contributed by atoms with E-state index in [2.05, 4.69) is 36.4 Å². The van der Waals surface area contributed by atoms with Crippen molar-refractivity contribution in [2.45, 2.75) is 64.4 Å². The van der Waals surface area contributed by atoms with Crippen LogP contribution >= 0.6 is 22.6 Å². The summed E-state index contributed by atoms with van der Waals surface area (Å²) in [4.78, 5) is 0. The Morgan fingerprint density at radius 3 is 2.20 bits per heavy atom. The van der Waals surface area contributed by atoms with Gasteiger partial charge in [0, 0.05) is 11.0 Å². The van der Waals surface area contributed by atoms with Crippen molar-refractivity contribution in [3.8, 4) is 0 Å². The van der Waals surface area contributed by atoms with Gasteiger partial charge in [-0.25, -0.2) is 0 Å². The Labute approximate surface area is 108 Å². The lowest BCUT2D eigenvalue weighted by Gasteiger charge is -2.31. The highest BCUT2D eigenvalue weighted by Crippen LogP contribution is 2.32. The minimum atomic E-state index is 0.228. The summed E-state index contributed by atoms with van der Waals surface area (Å²) < 4.78 is 7.37. The first-order valence-electron chi connectivity index (χ1n) is 6.38. The summed E-state index contributed by atoms with van der Waals surface area (Å²) >= 11 is 2.51. The molecule has 0 aromatic rings. The minimum absolute atomic E-state index is 0.228. The molecule has 0 aromatic carbocycles. The summed E-state index contributed by atoms with van der Waals surface area (Å²) in [5.41, 5.74) is 0.228. The molecule has 0 radical (unpaired) electrons. The number of rotatable bonds is 5. The highest BCUT2D eigenvalue weighted by Gasteiger charge is 2.30. The van der Waals surface area contributed by atoms with E-state index in [1.807, 2.05) is 0 Å². The molecule has 1 fully saturated rings. The molecule has 0 N–H and O–H groups in total. The Morgan fingerprint density at radius 2 is 1.73 bits per heavy atom. The van der Waals surface area contributed by atoms with Gasteiger partial charge in [-0.2, -0.15) is 0 Å². The number of hydrogen-bond donors (Lipinski definition) is 0. The Hall–Kier alpha value is 0.690. The second-order valence-corrected chi connectivity index (χ2v) is 6.02. The van der Waals surface area contributed by atoms with Crippen LogP contribution in [-0.4, -0.2) is 16.6 Å². The second kappa shape index (κ2) is 7.10. The largest absolute Gasteiger partial charge is 0.374 e. The quantitative estimate of drug-likeness (QED) is 0.409. The van der Waals surface area contributed by atoms with Crippen LogP contribution in [0.2, 0.25) is 0 Å². The van der Waals surface area contributed by atoms with Crippen LogP contribution in [0.1, 0.15) is 58.8 Å². The van der Waals surface area contributed by atoms with Crippen molar-refractivity contribution >= 4 is 22.6 Å². The first kappa shape index (κ1) is 13.8. The van der Waals surface area contributed by atoms with E-state index in [0.717, 1.165) is 12.5 Å². The van der Waals surface area contributed by atoms with Crippen LogP contribution in [0.3, 0.4) is 0 Å². The molecule has 90 valence electrons. The molecule has 1 aliphatic carbocycles. The molecule has 0 aromatic heterocycles. The third-order valence-electron chi connectivity index (χ3n) is 3.36. The number of halogens is 1. The average Bonchev–Trinajstić information content (AvgIpc) is 2.44. The first-order chi connectivity index (χ1) is 7.18. The van der Waals surface area contributed by atoms with Crippen molar-refractivity contribution in [2.75, 3.05) is 11.0 Å². The summed E-state index contributed by atoms with van der Waals surface area (Å²) in [6.07, 6.45) is 9.33. The van der Waals surface area contributed by atoms with E-state index in [0.29, 0.717) is 0 Å². The van der Waals surface area contributed by atoms with Crippen LogP contribution in [0.5, 0.6) is 0 Å². The predicted octanol–water partition coefficient (Wildman–Crippen LogP) is 4.58. The molecule has 15 heavy (non-hydrogen) atoms. The van der Waals surface area contributed by atoms with Gasteiger partial charge in [-0.3, -0.25) is 0 Å². The van der Waals surface area contributed by atoms with Crippen LogP contribution in [0.25, 0.3) is 0 Å². The molecule has 0 amide bonds. The van der Waals surface area contributed by atoms with Crippen molar-refractivity contribution in [1.29, 1.82) is 0 Å². The lowest BCUT2D eigenvalue weighted by atomic mass is 9.96. The standard InChI is InChI=1S/C13H25IO/c1-12(2)7-10-15-13(11-14)8-5-3-4-6-9-13/h12H,3-11H2,1-2H3. The van der Waals surface area contributed by atoms with Crippen molar-refractivity contribution in [2.24, 2.45) is 5.92 Å². The molecular weight excluding hydrogens is 299 g/mol. The molecule has 0 saturated heterocycles. The third kappa shape index (κ3) is 5.03. The Bertz CT molecular complexity index is 160. The molecule has 0 bridgehead atoms. The number of alkyl halides is 1. The molecule has 1 rings (SSSR count). The van der Waals surface area contributed by atoms with Crippen LogP contribution in [0, 0.1) is 5.92 Å². The van der Waals surface area contributed by atoms with E-state index in [1.54, 1.807) is 0 Å². The van der Waals surface area contributed by atoms with Gasteiger partial charge in [0.1, 0.15) is 0 Å². The zero-order valence-corrected chi connectivity index (χ0v) is 12.4. The van der Waals surface area contributed by atoms with E-state index in [-0.39, 0.29) is 5.60 Å². The van der Waals surface area contributed by atoms with Crippen LogP contribution in [0.15, 0.2) is 0 Å². The van der Waals surface area contributed by atoms with Gasteiger partial charge in [0.25, 0.3) is 0 Å². The zero-order chi connectivity index (χ0) is 11.1. The Morgan fingerprint density at radius 1 is 1.13 bits per heavy atom. The van der Waals surface area contributed by atoms with E-state index in [9.17, 15) is 0 Å². The molecule has 0 atom stereocenters. The molecule has 2 heteroatoms. The monoisotopic (exact) mass is 324 g/mol. The van der Waals surface area contributed by atoms with Crippen molar-refractivity contribution in [3.05, 3.63) is 0 Å². The summed E-state index contributed by atoms with van der Waals surface area (Å²) in [7, 11) is 0. The van der Waals surface area contributed by atoms with Crippen LogP contribution < -0.4 is 0 Å². The summed E-state index contributed by atoms with van der Waals surface area (Å²) in [6, 6.07) is 0. The Balaban J connectivity index is 2.36. The predicted molar refractivity (Wildman–Crippen MR) is 74.7 cm³/mol. The van der Waals surface area contributed by atoms with Gasteiger partial charge in [0.2, 0.25) is 0 Å². The topological polar surface area (TPSA) is 9.23 Å². The smallest absolute Gasteiger partial charge is 0.0771 e. The van der Waals surface area contributed by atoms with Gasteiger partial charge in [-0.15, -0.1) is 0 Å². The highest BCUT2D eigenvalue weighted by molar-refractivity contribution is 14.1. The molecular formula is C13H25IO. The van der Waals surface area contributed by atoms with Gasteiger partial charge >= 0.3 is 0 Å². The van der Waals surface area contributed by atoms with Crippen molar-refractivity contribution < 1.29 is 4.74 Å². The van der Waals surface area contributed by atoms with Gasteiger partial charge < -0.3 is 4.74 Å². The molecule has 0 heterocycles. The highest BCUT2D eigenvalue weighted by atomic mass is 127. The summed E-state index contributed by atoms with van der Waals surface area (Å²) in [5, 5.41) is 0. The minimum Gasteiger partial charge on any atom is -0.374 e. The fraction of sp³-hybridized carbons (Fsp3) is 1.00. The fourth-order valence-corrected chi connectivity index (χ4v) is 3.18. The molecule has 1 aliphatic rings. The fourth-order valence-electron chi connectivity index (χ4n) is 2.20. The maximum absolute atomic E-state index is 6.20. The summed E-state index contributed by atoms with van der Waals surface area (Å²) in [5.74, 6) is 0.766. The van der Waals surface area contributed by atoms with Gasteiger partial charge in [-0.05, 0) is 25.2 Å². The van der Waals surface area contributed by atoms with Gasteiger partial charge in [-0.1, -0.05) is 62.1 Å². The maximum Gasteiger partial charge on any atom is 0.0771 e. The first-order valence-corrected chi connectivity index (χ1v) is 7.91.